The number of rotatable bonds is 7. The van der Waals surface area contributed by atoms with Gasteiger partial charge >= 0.3 is 12.3 Å². The van der Waals surface area contributed by atoms with Gasteiger partial charge in [0.1, 0.15) is 6.10 Å². The minimum atomic E-state index is -4.37. The lowest BCUT2D eigenvalue weighted by atomic mass is 10.0. The van der Waals surface area contributed by atoms with E-state index in [0.29, 0.717) is 24.3 Å². The number of carbonyl (C=O) groups excluding carboxylic acids is 1. The number of primary sulfonamides is 1. The molecule has 194 valence electrons. The lowest BCUT2D eigenvalue weighted by Crippen LogP contribution is -2.37. The molecule has 1 amide bonds. The smallest absolute Gasteiger partial charge is 0.407 e. The van der Waals surface area contributed by atoms with E-state index in [1.807, 2.05) is 22.7 Å². The van der Waals surface area contributed by atoms with Gasteiger partial charge in [-0.3, -0.25) is 0 Å². The zero-order valence-electron chi connectivity index (χ0n) is 19.3. The Balaban J connectivity index is 1.42. The predicted octanol–water partition coefficient (Wildman–Crippen LogP) is 4.43. The molecule has 0 aliphatic heterocycles. The zero-order valence-corrected chi connectivity index (χ0v) is 20.1. The fraction of sp³-hybridized carbons (Fsp3) is 0.391. The number of nitrogens with zero attached hydrogens (tertiary/aromatic N) is 2. The minimum Gasteiger partial charge on any atom is -0.446 e. The Morgan fingerprint density at radius 2 is 1.97 bits per heavy atom. The predicted molar refractivity (Wildman–Crippen MR) is 126 cm³/mol. The van der Waals surface area contributed by atoms with E-state index in [1.54, 1.807) is 18.3 Å². The number of nitrogens with two attached hydrogens (primary N) is 1. The number of fused-ring (bicyclic) bond motifs is 1. The van der Waals surface area contributed by atoms with Gasteiger partial charge in [-0.1, -0.05) is 0 Å². The highest BCUT2D eigenvalue weighted by Gasteiger charge is 2.33. The third kappa shape index (κ3) is 6.26. The molecule has 4 N–H and O–H groups in total. The molecule has 1 aliphatic rings. The highest BCUT2D eigenvalue weighted by atomic mass is 32.2. The molecule has 3 atom stereocenters. The van der Waals surface area contributed by atoms with Crippen molar-refractivity contribution in [3.63, 3.8) is 0 Å². The number of amides is 1. The number of aromatic nitrogens is 2. The van der Waals surface area contributed by atoms with E-state index < -0.39 is 40.9 Å². The number of sulfonamides is 1. The molecule has 2 aromatic heterocycles. The maximum atomic E-state index is 12.5. The van der Waals surface area contributed by atoms with E-state index in [9.17, 15) is 26.4 Å². The number of hydrogen-bond donors (Lipinski definition) is 3. The molecular formula is C23H26F3N5O4S. The van der Waals surface area contributed by atoms with Crippen LogP contribution in [0.2, 0.25) is 0 Å². The standard InChI is InChI=1S/C23H26F3N5O4S/c1-14(12-23(24,25)26)29-22(32)35-17-7-4-15(11-17)20-13-28-21(19-3-2-10-31(19)20)30-16-5-8-18(9-6-16)36(27,33)34/h2-3,5-6,8-10,13-15,17H,4,7,11-12H2,1H3,(H,28,30)(H,29,32)(H2,27,33,34)/t14-,15+,17-/m0/s1. The van der Waals surface area contributed by atoms with E-state index in [1.165, 1.54) is 19.1 Å². The third-order valence-corrected chi connectivity index (χ3v) is 6.95. The Labute approximate surface area is 205 Å². The molecule has 1 aliphatic carbocycles. The molecule has 0 bridgehead atoms. The number of hydrogen-bond acceptors (Lipinski definition) is 6. The van der Waals surface area contributed by atoms with Gasteiger partial charge in [-0.05, 0) is 62.6 Å². The monoisotopic (exact) mass is 525 g/mol. The van der Waals surface area contributed by atoms with E-state index in [2.05, 4.69) is 15.6 Å². The quantitative estimate of drug-likeness (QED) is 0.419. The Hall–Kier alpha value is -3.32. The van der Waals surface area contributed by atoms with Crippen LogP contribution < -0.4 is 15.8 Å². The maximum absolute atomic E-state index is 12.5. The fourth-order valence-electron chi connectivity index (χ4n) is 4.42. The summed E-state index contributed by atoms with van der Waals surface area (Å²) in [5.74, 6) is 0.608. The second-order valence-electron chi connectivity index (χ2n) is 8.89. The molecule has 36 heavy (non-hydrogen) atoms. The summed E-state index contributed by atoms with van der Waals surface area (Å²) >= 11 is 0. The normalized spacial score (nSPS) is 19.2. The number of alkyl halides is 3. The van der Waals surface area contributed by atoms with Gasteiger partial charge in [0.2, 0.25) is 10.0 Å². The molecule has 1 saturated carbocycles. The lowest BCUT2D eigenvalue weighted by Gasteiger charge is -2.19. The molecular weight excluding hydrogens is 499 g/mol. The van der Waals surface area contributed by atoms with Crippen LogP contribution in [0, 0.1) is 0 Å². The highest BCUT2D eigenvalue weighted by Crippen LogP contribution is 2.37. The number of halogens is 3. The van der Waals surface area contributed by atoms with Crippen LogP contribution in [-0.4, -0.2) is 42.2 Å². The fourth-order valence-corrected chi connectivity index (χ4v) is 4.94. The van der Waals surface area contributed by atoms with Gasteiger partial charge in [0, 0.05) is 35.7 Å². The van der Waals surface area contributed by atoms with Gasteiger partial charge in [-0.2, -0.15) is 13.2 Å². The molecule has 1 aromatic carbocycles. The molecule has 13 heteroatoms. The molecule has 9 nitrogen and oxygen atoms in total. The van der Waals surface area contributed by atoms with Crippen LogP contribution in [0.4, 0.5) is 29.5 Å². The summed E-state index contributed by atoms with van der Waals surface area (Å²) in [4.78, 5) is 16.6. The average Bonchev–Trinajstić information content (AvgIpc) is 3.42. The largest absolute Gasteiger partial charge is 0.446 e. The summed E-state index contributed by atoms with van der Waals surface area (Å²) in [6, 6.07) is 8.67. The second-order valence-corrected chi connectivity index (χ2v) is 10.5. The average molecular weight is 526 g/mol. The number of ether oxygens (including phenoxy) is 1. The summed E-state index contributed by atoms with van der Waals surface area (Å²) in [6.07, 6.45) is -1.29. The first-order chi connectivity index (χ1) is 16.9. The van der Waals surface area contributed by atoms with Crippen molar-refractivity contribution in [1.82, 2.24) is 14.7 Å². The molecule has 0 unspecified atom stereocenters. The van der Waals surface area contributed by atoms with Gasteiger partial charge in [0.05, 0.1) is 16.8 Å². The molecule has 0 spiro atoms. The van der Waals surface area contributed by atoms with Crippen LogP contribution >= 0.6 is 0 Å². The summed E-state index contributed by atoms with van der Waals surface area (Å²) in [6.45, 7) is 1.28. The third-order valence-electron chi connectivity index (χ3n) is 6.02. The first kappa shape index (κ1) is 25.8. The topological polar surface area (TPSA) is 128 Å². The van der Waals surface area contributed by atoms with Crippen molar-refractivity contribution in [2.45, 2.75) is 61.7 Å². The zero-order chi connectivity index (χ0) is 26.1. The minimum absolute atomic E-state index is 0.00527. The summed E-state index contributed by atoms with van der Waals surface area (Å²) in [7, 11) is -3.79. The summed E-state index contributed by atoms with van der Waals surface area (Å²) < 4.78 is 67.7. The first-order valence-corrected chi connectivity index (χ1v) is 12.8. The highest BCUT2D eigenvalue weighted by molar-refractivity contribution is 7.89. The molecule has 0 radical (unpaired) electrons. The van der Waals surface area contributed by atoms with E-state index in [-0.39, 0.29) is 10.8 Å². The first-order valence-electron chi connectivity index (χ1n) is 11.3. The number of carbonyl (C=O) groups is 1. The molecule has 0 saturated heterocycles. The summed E-state index contributed by atoms with van der Waals surface area (Å²) in [5, 5.41) is 10.6. The van der Waals surface area contributed by atoms with Gasteiger partial charge < -0.3 is 19.8 Å². The molecule has 1 fully saturated rings. The Morgan fingerprint density at radius 1 is 1.25 bits per heavy atom. The van der Waals surface area contributed by atoms with Crippen molar-refractivity contribution in [1.29, 1.82) is 0 Å². The van der Waals surface area contributed by atoms with Crippen molar-refractivity contribution in [3.8, 4) is 0 Å². The molecule has 4 rings (SSSR count). The second kappa shape index (κ2) is 9.97. The van der Waals surface area contributed by atoms with Crippen molar-refractivity contribution in [2.75, 3.05) is 5.32 Å². The van der Waals surface area contributed by atoms with Crippen molar-refractivity contribution >= 4 is 33.1 Å². The van der Waals surface area contributed by atoms with Gasteiger partial charge in [0.15, 0.2) is 5.82 Å². The van der Waals surface area contributed by atoms with E-state index in [4.69, 9.17) is 9.88 Å². The Kier molecular flexibility index (Phi) is 7.14. The van der Waals surface area contributed by atoms with Crippen molar-refractivity contribution < 1.29 is 31.1 Å². The van der Waals surface area contributed by atoms with Gasteiger partial charge in [-0.15, -0.1) is 0 Å². The van der Waals surface area contributed by atoms with E-state index >= 15 is 0 Å². The van der Waals surface area contributed by atoms with Gasteiger partial charge in [0.25, 0.3) is 0 Å². The number of anilines is 2. The number of benzene rings is 1. The van der Waals surface area contributed by atoms with Crippen molar-refractivity contribution in [2.24, 2.45) is 5.14 Å². The maximum Gasteiger partial charge on any atom is 0.407 e. The van der Waals surface area contributed by atoms with Gasteiger partial charge in [-0.25, -0.2) is 23.3 Å². The van der Waals surface area contributed by atoms with Crippen LogP contribution in [0.3, 0.4) is 0 Å². The van der Waals surface area contributed by atoms with Crippen molar-refractivity contribution in [3.05, 3.63) is 54.5 Å². The van der Waals surface area contributed by atoms with E-state index in [0.717, 1.165) is 17.6 Å². The summed E-state index contributed by atoms with van der Waals surface area (Å²) in [5.41, 5.74) is 2.35. The van der Waals surface area contributed by atoms with Crippen LogP contribution in [0.15, 0.2) is 53.7 Å². The Morgan fingerprint density at radius 3 is 2.64 bits per heavy atom. The van der Waals surface area contributed by atoms with Crippen LogP contribution in [0.5, 0.6) is 0 Å². The molecule has 3 aromatic rings. The SMILES string of the molecule is C[C@@H](CC(F)(F)F)NC(=O)O[C@H]1CC[C@@H](c2cnc(Nc3ccc(S(N)(=O)=O)cc3)c3cccn23)C1. The van der Waals surface area contributed by atoms with Crippen LogP contribution in [0.1, 0.15) is 44.2 Å². The van der Waals surface area contributed by atoms with Crippen LogP contribution in [-0.2, 0) is 14.8 Å². The number of alkyl carbamates (subject to hydrolysis) is 1. The lowest BCUT2D eigenvalue weighted by molar-refractivity contribution is -0.138. The Bertz CT molecular complexity index is 1340. The van der Waals surface area contributed by atoms with Crippen LogP contribution in [0.25, 0.3) is 5.52 Å². The number of nitrogens with one attached hydrogen (secondary N) is 2. The molecule has 2 heterocycles.